The quantitative estimate of drug-likeness (QED) is 0.509. The van der Waals surface area contributed by atoms with Crippen molar-refractivity contribution in [3.63, 3.8) is 0 Å². The van der Waals surface area contributed by atoms with Gasteiger partial charge in [0.05, 0.1) is 0 Å². The molecule has 0 saturated heterocycles. The highest BCUT2D eigenvalue weighted by molar-refractivity contribution is 5.75. The van der Waals surface area contributed by atoms with Crippen LogP contribution in [0.15, 0.2) is 0 Å². The number of hydrogen-bond acceptors (Lipinski definition) is 1. The summed E-state index contributed by atoms with van der Waals surface area (Å²) in [4.78, 5) is 11.3. The van der Waals surface area contributed by atoms with E-state index in [-0.39, 0.29) is 7.43 Å². The average molecular weight is 361 g/mol. The Morgan fingerprint density at radius 2 is 1.65 bits per heavy atom. The van der Waals surface area contributed by atoms with Crippen LogP contribution in [-0.2, 0) is 4.79 Å². The van der Waals surface area contributed by atoms with Gasteiger partial charge in [0.25, 0.3) is 0 Å². The summed E-state index contributed by atoms with van der Waals surface area (Å²) < 4.78 is 0. The molecular formula is C25H44O. The highest BCUT2D eigenvalue weighted by atomic mass is 16.1. The van der Waals surface area contributed by atoms with Crippen LogP contribution in [0.1, 0.15) is 112 Å². The van der Waals surface area contributed by atoms with E-state index in [2.05, 4.69) is 13.8 Å². The van der Waals surface area contributed by atoms with Crippen molar-refractivity contribution in [3.05, 3.63) is 0 Å². The third-order valence-electron chi connectivity index (χ3n) is 9.86. The summed E-state index contributed by atoms with van der Waals surface area (Å²) in [7, 11) is 0. The average Bonchev–Trinajstić information content (AvgIpc) is 2.91. The van der Waals surface area contributed by atoms with E-state index in [1.165, 1.54) is 70.6 Å². The Kier molecular flexibility index (Phi) is 5.96. The number of Topliss-reactive ketones (excluding diaryl/α,β-unsaturated/α-hetero) is 1. The number of rotatable bonds is 4. The third-order valence-corrected chi connectivity index (χ3v) is 9.86. The summed E-state index contributed by atoms with van der Waals surface area (Å²) in [5.74, 6) is 5.37. The highest BCUT2D eigenvalue weighted by Crippen LogP contribution is 2.67. The fourth-order valence-electron chi connectivity index (χ4n) is 8.48. The minimum atomic E-state index is 0. The lowest BCUT2D eigenvalue weighted by Gasteiger charge is -2.60. The van der Waals surface area contributed by atoms with Crippen molar-refractivity contribution in [1.29, 1.82) is 0 Å². The smallest absolute Gasteiger partial charge is 0.129 e. The molecule has 0 heterocycles. The molecule has 4 fully saturated rings. The lowest BCUT2D eigenvalue weighted by Crippen LogP contribution is -2.52. The van der Waals surface area contributed by atoms with Gasteiger partial charge in [-0.15, -0.1) is 0 Å². The predicted molar refractivity (Wildman–Crippen MR) is 111 cm³/mol. The lowest BCUT2D eigenvalue weighted by atomic mass is 9.45. The van der Waals surface area contributed by atoms with Gasteiger partial charge < -0.3 is 4.79 Å². The van der Waals surface area contributed by atoms with Crippen molar-refractivity contribution < 1.29 is 4.79 Å². The standard InChI is InChI=1S/C24H40O.CH4/c1-17(25)7-6-9-19-11-13-21-20-12-10-18-8-4-5-15-23(18,2)22(20)14-16-24(19,21)3;/h18-22H,4-16H2,1-3H3;1H4. The number of hydrogen-bond donors (Lipinski definition) is 0. The molecule has 0 N–H and O–H groups in total. The molecule has 7 unspecified atom stereocenters. The molecule has 4 aliphatic rings. The Morgan fingerprint density at radius 1 is 0.885 bits per heavy atom. The normalized spacial score (nSPS) is 47.3. The summed E-state index contributed by atoms with van der Waals surface area (Å²) in [6, 6.07) is 0. The molecule has 0 radical (unpaired) electrons. The Bertz CT molecular complexity index is 510. The summed E-state index contributed by atoms with van der Waals surface area (Å²) >= 11 is 0. The molecule has 0 aromatic heterocycles. The zero-order valence-electron chi connectivity index (χ0n) is 17.0. The van der Waals surface area contributed by atoms with E-state index in [1.54, 1.807) is 6.92 Å². The Labute approximate surface area is 163 Å². The second kappa shape index (κ2) is 7.59. The van der Waals surface area contributed by atoms with Gasteiger partial charge in [-0.1, -0.05) is 34.1 Å². The first-order valence-electron chi connectivity index (χ1n) is 11.4. The molecule has 7 atom stereocenters. The molecule has 0 spiro atoms. The molecule has 0 aliphatic heterocycles. The molecule has 0 bridgehead atoms. The van der Waals surface area contributed by atoms with E-state index in [9.17, 15) is 4.79 Å². The Balaban J connectivity index is 0.00000196. The van der Waals surface area contributed by atoms with Crippen LogP contribution in [0.2, 0.25) is 0 Å². The number of ketones is 1. The summed E-state index contributed by atoms with van der Waals surface area (Å²) in [6.07, 6.45) is 18.3. The minimum Gasteiger partial charge on any atom is -0.300 e. The van der Waals surface area contributed by atoms with Gasteiger partial charge in [0, 0.05) is 6.42 Å². The van der Waals surface area contributed by atoms with Gasteiger partial charge >= 0.3 is 0 Å². The van der Waals surface area contributed by atoms with E-state index < -0.39 is 0 Å². The Morgan fingerprint density at radius 3 is 2.42 bits per heavy atom. The molecular weight excluding hydrogens is 316 g/mol. The molecule has 150 valence electrons. The maximum absolute atomic E-state index is 11.3. The van der Waals surface area contributed by atoms with Crippen LogP contribution in [0.5, 0.6) is 0 Å². The maximum atomic E-state index is 11.3. The monoisotopic (exact) mass is 360 g/mol. The van der Waals surface area contributed by atoms with Gasteiger partial charge in [-0.25, -0.2) is 0 Å². The minimum absolute atomic E-state index is 0. The topological polar surface area (TPSA) is 17.1 Å². The molecule has 1 heteroatoms. The van der Waals surface area contributed by atoms with Crippen molar-refractivity contribution >= 4 is 5.78 Å². The molecule has 4 aliphatic carbocycles. The largest absolute Gasteiger partial charge is 0.300 e. The number of fused-ring (bicyclic) bond motifs is 5. The highest BCUT2D eigenvalue weighted by Gasteiger charge is 2.59. The Hall–Kier alpha value is -0.330. The molecule has 0 aromatic rings. The third kappa shape index (κ3) is 3.20. The first kappa shape index (κ1) is 20.4. The zero-order valence-corrected chi connectivity index (χ0v) is 17.0. The second-order valence-electron chi connectivity index (χ2n) is 10.8. The van der Waals surface area contributed by atoms with E-state index in [0.29, 0.717) is 16.6 Å². The first-order chi connectivity index (χ1) is 11.9. The number of carbonyl (C=O) groups is 1. The van der Waals surface area contributed by atoms with Gasteiger partial charge in [0.2, 0.25) is 0 Å². The van der Waals surface area contributed by atoms with Gasteiger partial charge in [0.15, 0.2) is 0 Å². The summed E-state index contributed by atoms with van der Waals surface area (Å²) in [5, 5.41) is 0. The molecule has 4 saturated carbocycles. The molecule has 0 amide bonds. The van der Waals surface area contributed by atoms with E-state index in [4.69, 9.17) is 0 Å². The van der Waals surface area contributed by atoms with Crippen molar-refractivity contribution in [3.8, 4) is 0 Å². The molecule has 0 aromatic carbocycles. The van der Waals surface area contributed by atoms with Crippen LogP contribution in [0.25, 0.3) is 0 Å². The van der Waals surface area contributed by atoms with E-state index in [1.807, 2.05) is 0 Å². The SMILES string of the molecule is C.CC(=O)CCCC1CCC2C3CCC4CCCCC4(C)C3CCC12C. The summed E-state index contributed by atoms with van der Waals surface area (Å²) in [5.41, 5.74) is 1.27. The van der Waals surface area contributed by atoms with Gasteiger partial charge in [-0.05, 0) is 112 Å². The van der Waals surface area contributed by atoms with Gasteiger partial charge in [0.1, 0.15) is 5.78 Å². The van der Waals surface area contributed by atoms with Gasteiger partial charge in [-0.2, -0.15) is 0 Å². The number of carbonyl (C=O) groups excluding carboxylic acids is 1. The van der Waals surface area contributed by atoms with Gasteiger partial charge in [-0.3, -0.25) is 0 Å². The van der Waals surface area contributed by atoms with E-state index >= 15 is 0 Å². The van der Waals surface area contributed by atoms with Crippen molar-refractivity contribution in [2.75, 3.05) is 0 Å². The summed E-state index contributed by atoms with van der Waals surface area (Å²) in [6.45, 7) is 7.10. The van der Waals surface area contributed by atoms with Crippen LogP contribution >= 0.6 is 0 Å². The lowest BCUT2D eigenvalue weighted by molar-refractivity contribution is -0.117. The predicted octanol–water partition coefficient (Wildman–Crippen LogP) is 7.43. The fraction of sp³-hybridized carbons (Fsp3) is 0.960. The van der Waals surface area contributed by atoms with Crippen molar-refractivity contribution in [2.45, 2.75) is 112 Å². The van der Waals surface area contributed by atoms with Crippen molar-refractivity contribution in [1.82, 2.24) is 0 Å². The maximum Gasteiger partial charge on any atom is 0.129 e. The van der Waals surface area contributed by atoms with Crippen LogP contribution in [0, 0.1) is 40.4 Å². The van der Waals surface area contributed by atoms with Crippen LogP contribution in [0.4, 0.5) is 0 Å². The van der Waals surface area contributed by atoms with Crippen molar-refractivity contribution in [2.24, 2.45) is 40.4 Å². The molecule has 4 rings (SSSR count). The second-order valence-corrected chi connectivity index (χ2v) is 10.8. The molecule has 26 heavy (non-hydrogen) atoms. The zero-order chi connectivity index (χ0) is 17.7. The van der Waals surface area contributed by atoms with E-state index in [0.717, 1.165) is 42.4 Å². The first-order valence-corrected chi connectivity index (χ1v) is 11.4. The fourth-order valence-corrected chi connectivity index (χ4v) is 8.48. The van der Waals surface area contributed by atoms with Crippen LogP contribution in [-0.4, -0.2) is 5.78 Å². The molecule has 1 nitrogen and oxygen atoms in total. The van der Waals surface area contributed by atoms with Crippen LogP contribution in [0.3, 0.4) is 0 Å². The van der Waals surface area contributed by atoms with Crippen LogP contribution < -0.4 is 0 Å².